The summed E-state index contributed by atoms with van der Waals surface area (Å²) in [6.07, 6.45) is 0. The highest BCUT2D eigenvalue weighted by Crippen LogP contribution is 2.31. The molecule has 9 heteroatoms. The van der Waals surface area contributed by atoms with Crippen LogP contribution in [0.3, 0.4) is 0 Å². The van der Waals surface area contributed by atoms with Crippen molar-refractivity contribution >= 4 is 29.2 Å². The smallest absolute Gasteiger partial charge is 0.340 e. The van der Waals surface area contributed by atoms with Crippen LogP contribution in [0.1, 0.15) is 36.6 Å². The number of amides is 2. The Morgan fingerprint density at radius 1 is 0.757 bits per heavy atom. The molecular formula is C28H18N2O7. The molecule has 0 fully saturated rings. The molecule has 0 unspecified atom stereocenters. The van der Waals surface area contributed by atoms with Crippen molar-refractivity contribution in [2.24, 2.45) is 0 Å². The van der Waals surface area contributed by atoms with Crippen LogP contribution in [-0.4, -0.2) is 22.7 Å². The van der Waals surface area contributed by atoms with Gasteiger partial charge in [-0.2, -0.15) is 0 Å². The van der Waals surface area contributed by atoms with E-state index in [1.165, 1.54) is 36.4 Å². The molecule has 9 nitrogen and oxygen atoms in total. The molecule has 0 N–H and O–H groups in total. The summed E-state index contributed by atoms with van der Waals surface area (Å²) in [7, 11) is 0. The van der Waals surface area contributed by atoms with E-state index >= 15 is 0 Å². The van der Waals surface area contributed by atoms with Gasteiger partial charge in [-0.05, 0) is 54.1 Å². The maximum Gasteiger partial charge on any atom is 0.340 e. The number of nitro groups is 1. The van der Waals surface area contributed by atoms with E-state index in [4.69, 9.17) is 9.47 Å². The van der Waals surface area contributed by atoms with Crippen LogP contribution in [0.2, 0.25) is 0 Å². The molecule has 0 saturated heterocycles. The van der Waals surface area contributed by atoms with E-state index in [1.807, 2.05) is 0 Å². The zero-order valence-corrected chi connectivity index (χ0v) is 19.2. The lowest BCUT2D eigenvalue weighted by Gasteiger charge is -2.17. The van der Waals surface area contributed by atoms with Crippen LogP contribution in [0.4, 0.5) is 11.4 Å². The summed E-state index contributed by atoms with van der Waals surface area (Å²) in [5.74, 6) is -0.735. The van der Waals surface area contributed by atoms with Crippen molar-refractivity contribution in [1.29, 1.82) is 0 Å². The number of nitro benzene ring substituents is 1. The molecule has 0 atom stereocenters. The first-order valence-corrected chi connectivity index (χ1v) is 11.2. The summed E-state index contributed by atoms with van der Waals surface area (Å²) in [6.45, 7) is -0.0485. The van der Waals surface area contributed by atoms with Crippen molar-refractivity contribution in [3.8, 4) is 11.5 Å². The Bertz CT molecular complexity index is 1490. The molecule has 1 aliphatic rings. The minimum atomic E-state index is -0.682. The summed E-state index contributed by atoms with van der Waals surface area (Å²) in [6, 6.07) is 25.3. The molecule has 37 heavy (non-hydrogen) atoms. The molecule has 0 spiro atoms. The van der Waals surface area contributed by atoms with Crippen molar-refractivity contribution in [3.63, 3.8) is 0 Å². The molecule has 4 aromatic carbocycles. The molecule has 2 amide bonds. The molecule has 1 aliphatic heterocycles. The van der Waals surface area contributed by atoms with Crippen LogP contribution in [0.15, 0.2) is 97.1 Å². The van der Waals surface area contributed by atoms with Crippen molar-refractivity contribution in [1.82, 2.24) is 0 Å². The van der Waals surface area contributed by atoms with E-state index < -0.39 is 22.7 Å². The zero-order chi connectivity index (χ0) is 25.9. The molecule has 0 radical (unpaired) electrons. The Kier molecular flexibility index (Phi) is 6.17. The number of non-ortho nitro benzene ring substituents is 1. The van der Waals surface area contributed by atoms with Crippen LogP contribution in [0.25, 0.3) is 0 Å². The van der Waals surface area contributed by atoms with E-state index in [1.54, 1.807) is 60.7 Å². The number of benzene rings is 4. The van der Waals surface area contributed by atoms with Crippen LogP contribution >= 0.6 is 0 Å². The van der Waals surface area contributed by atoms with Crippen molar-refractivity contribution in [3.05, 3.63) is 129 Å². The molecule has 0 aliphatic carbocycles. The fourth-order valence-electron chi connectivity index (χ4n) is 3.90. The Balaban J connectivity index is 1.26. The van der Waals surface area contributed by atoms with Gasteiger partial charge in [-0.25, -0.2) is 9.69 Å². The highest BCUT2D eigenvalue weighted by atomic mass is 16.6. The van der Waals surface area contributed by atoms with Gasteiger partial charge >= 0.3 is 5.97 Å². The highest BCUT2D eigenvalue weighted by Gasteiger charge is 2.38. The van der Waals surface area contributed by atoms with E-state index in [0.29, 0.717) is 17.1 Å². The lowest BCUT2D eigenvalue weighted by Crippen LogP contribution is -2.31. The molecule has 4 aromatic rings. The minimum Gasteiger partial charge on any atom is -0.457 e. The highest BCUT2D eigenvalue weighted by molar-refractivity contribution is 6.35. The molecule has 182 valence electrons. The summed E-state index contributed by atoms with van der Waals surface area (Å²) in [5.41, 5.74) is 1.47. The topological polar surface area (TPSA) is 116 Å². The number of imide groups is 1. The summed E-state index contributed by atoms with van der Waals surface area (Å²) in [4.78, 5) is 50.0. The molecule has 5 rings (SSSR count). The number of rotatable bonds is 7. The average molecular weight is 494 g/mol. The number of fused-ring (bicyclic) bond motifs is 1. The third-order valence-corrected chi connectivity index (χ3v) is 5.74. The van der Waals surface area contributed by atoms with Crippen LogP contribution in [0.5, 0.6) is 11.5 Å². The Hall–Kier alpha value is -5.31. The van der Waals surface area contributed by atoms with Gasteiger partial charge < -0.3 is 9.47 Å². The van der Waals surface area contributed by atoms with E-state index in [-0.39, 0.29) is 34.7 Å². The van der Waals surface area contributed by atoms with E-state index in [9.17, 15) is 24.5 Å². The number of nitrogens with zero attached hydrogens (tertiary/aromatic N) is 2. The van der Waals surface area contributed by atoms with Gasteiger partial charge in [0, 0.05) is 12.1 Å². The van der Waals surface area contributed by atoms with E-state index in [0.717, 1.165) is 4.90 Å². The van der Waals surface area contributed by atoms with Crippen LogP contribution < -0.4 is 9.64 Å². The second kappa shape index (κ2) is 9.74. The number of anilines is 1. The van der Waals surface area contributed by atoms with Gasteiger partial charge in [-0.3, -0.25) is 19.7 Å². The van der Waals surface area contributed by atoms with Crippen molar-refractivity contribution < 1.29 is 28.8 Å². The van der Waals surface area contributed by atoms with Gasteiger partial charge in [0.1, 0.15) is 18.1 Å². The minimum absolute atomic E-state index is 0.0333. The van der Waals surface area contributed by atoms with Crippen molar-refractivity contribution in [2.75, 3.05) is 4.90 Å². The number of ether oxygens (including phenoxy) is 2. The van der Waals surface area contributed by atoms with Gasteiger partial charge in [-0.1, -0.05) is 36.4 Å². The Morgan fingerprint density at radius 2 is 1.30 bits per heavy atom. The zero-order valence-electron chi connectivity index (χ0n) is 19.2. The fraction of sp³-hybridized carbons (Fsp3) is 0.0357. The Morgan fingerprint density at radius 3 is 1.89 bits per heavy atom. The normalized spacial score (nSPS) is 12.3. The number of carbonyl (C=O) groups is 3. The predicted octanol–water partition coefficient (Wildman–Crippen LogP) is 5.54. The first-order chi connectivity index (χ1) is 17.9. The van der Waals surface area contributed by atoms with Crippen molar-refractivity contribution in [2.45, 2.75) is 6.61 Å². The quantitative estimate of drug-likeness (QED) is 0.143. The molecule has 0 aromatic heterocycles. The molecule has 0 bridgehead atoms. The number of hydrogen-bond acceptors (Lipinski definition) is 7. The summed E-state index contributed by atoms with van der Waals surface area (Å²) in [5, 5.41) is 10.8. The first-order valence-electron chi connectivity index (χ1n) is 11.2. The third kappa shape index (κ3) is 4.65. The second-order valence-electron chi connectivity index (χ2n) is 8.08. The largest absolute Gasteiger partial charge is 0.457 e. The Labute approximate surface area is 210 Å². The fourth-order valence-corrected chi connectivity index (χ4v) is 3.90. The first kappa shape index (κ1) is 23.4. The number of carbonyl (C=O) groups excluding carboxylic acids is 3. The maximum atomic E-state index is 12.9. The van der Waals surface area contributed by atoms with Gasteiger partial charge in [0.2, 0.25) is 0 Å². The molecular weight excluding hydrogens is 476 g/mol. The summed E-state index contributed by atoms with van der Waals surface area (Å²) >= 11 is 0. The third-order valence-electron chi connectivity index (χ3n) is 5.74. The number of hydrogen-bond donors (Lipinski definition) is 0. The number of para-hydroxylation sites is 1. The lowest BCUT2D eigenvalue weighted by atomic mass is 10.1. The van der Waals surface area contributed by atoms with Crippen LogP contribution in [-0.2, 0) is 11.3 Å². The van der Waals surface area contributed by atoms with Gasteiger partial charge in [-0.15, -0.1) is 0 Å². The maximum absolute atomic E-state index is 12.9. The SMILES string of the molecule is O=C(OCc1ccc(Oc2ccc([N+](=O)[O-])cc2)cc1)c1ccccc1N1C(=O)c2ccccc2C1=O. The molecule has 1 heterocycles. The number of esters is 1. The lowest BCUT2D eigenvalue weighted by molar-refractivity contribution is -0.384. The predicted molar refractivity (Wildman–Crippen MR) is 133 cm³/mol. The van der Waals surface area contributed by atoms with Gasteiger partial charge in [0.05, 0.1) is 27.3 Å². The summed E-state index contributed by atoms with van der Waals surface area (Å²) < 4.78 is 11.1. The van der Waals surface area contributed by atoms with Gasteiger partial charge in [0.25, 0.3) is 17.5 Å². The van der Waals surface area contributed by atoms with Gasteiger partial charge in [0.15, 0.2) is 0 Å². The average Bonchev–Trinajstić information content (AvgIpc) is 3.18. The van der Waals surface area contributed by atoms with Crippen LogP contribution in [0, 0.1) is 10.1 Å². The second-order valence-corrected chi connectivity index (χ2v) is 8.08. The monoisotopic (exact) mass is 494 g/mol. The standard InChI is InChI=1S/C28H18N2O7/c31-26-22-5-1-2-6-23(22)27(32)29(26)25-8-4-3-7-24(25)28(33)36-17-18-9-13-20(14-10-18)37-21-15-11-19(12-16-21)30(34)35/h1-16H,17H2. The van der Waals surface area contributed by atoms with E-state index in [2.05, 4.69) is 0 Å². The molecule has 0 saturated carbocycles.